The highest BCUT2D eigenvalue weighted by Crippen LogP contribution is 2.38. The lowest BCUT2D eigenvalue weighted by Gasteiger charge is -2.14. The lowest BCUT2D eigenvalue weighted by Crippen LogP contribution is -2.04. The van der Waals surface area contributed by atoms with Crippen molar-refractivity contribution in [3.8, 4) is 0 Å². The Morgan fingerprint density at radius 2 is 2.00 bits per heavy atom. The first-order chi connectivity index (χ1) is 8.34. The van der Waals surface area contributed by atoms with Crippen molar-refractivity contribution in [2.75, 3.05) is 11.9 Å². The van der Waals surface area contributed by atoms with Crippen molar-refractivity contribution in [2.24, 2.45) is 5.92 Å². The topological polar surface area (TPSA) is 12.0 Å². The Morgan fingerprint density at radius 3 is 2.82 bits per heavy atom. The van der Waals surface area contributed by atoms with E-state index in [0.29, 0.717) is 0 Å². The van der Waals surface area contributed by atoms with Crippen LogP contribution in [0.2, 0.25) is 0 Å². The summed E-state index contributed by atoms with van der Waals surface area (Å²) in [5.74, 6) is 1.80. The van der Waals surface area contributed by atoms with E-state index in [-0.39, 0.29) is 0 Å². The summed E-state index contributed by atoms with van der Waals surface area (Å²) in [6.45, 7) is 3.37. The van der Waals surface area contributed by atoms with Crippen LogP contribution in [0.15, 0.2) is 18.2 Å². The van der Waals surface area contributed by atoms with E-state index in [1.165, 1.54) is 49.8 Å². The Kier molecular flexibility index (Phi) is 3.09. The fraction of sp³-hybridized carbons (Fsp3) is 0.625. The molecular formula is C16H23N. The van der Waals surface area contributed by atoms with E-state index < -0.39 is 0 Å². The number of nitrogens with one attached hydrogen (secondary N) is 1. The van der Waals surface area contributed by atoms with Gasteiger partial charge in [-0.1, -0.05) is 43.9 Å². The van der Waals surface area contributed by atoms with E-state index in [0.717, 1.165) is 18.4 Å². The monoisotopic (exact) mass is 229 g/mol. The summed E-state index contributed by atoms with van der Waals surface area (Å²) >= 11 is 0. The van der Waals surface area contributed by atoms with Gasteiger partial charge in [0, 0.05) is 18.2 Å². The zero-order chi connectivity index (χ0) is 11.7. The summed E-state index contributed by atoms with van der Waals surface area (Å²) in [6.07, 6.45) is 8.75. The lowest BCUT2D eigenvalue weighted by molar-refractivity contribution is 0.459. The maximum absolute atomic E-state index is 3.59. The molecule has 1 saturated carbocycles. The molecule has 1 heteroatoms. The molecule has 1 aliphatic carbocycles. The van der Waals surface area contributed by atoms with Crippen LogP contribution in [-0.4, -0.2) is 6.54 Å². The third kappa shape index (κ3) is 2.20. The van der Waals surface area contributed by atoms with E-state index in [2.05, 4.69) is 30.4 Å². The molecule has 0 saturated heterocycles. The number of aryl methyl sites for hydroxylation is 1. The molecule has 1 aromatic carbocycles. The molecule has 1 nitrogen and oxygen atoms in total. The highest BCUT2D eigenvalue weighted by molar-refractivity contribution is 5.62. The molecule has 1 fully saturated rings. The third-order valence-corrected chi connectivity index (χ3v) is 4.67. The van der Waals surface area contributed by atoms with Gasteiger partial charge >= 0.3 is 0 Å². The van der Waals surface area contributed by atoms with Crippen LogP contribution in [0.25, 0.3) is 0 Å². The fourth-order valence-corrected chi connectivity index (χ4v) is 3.60. The maximum Gasteiger partial charge on any atom is 0.0406 e. The Balaban J connectivity index is 1.65. The van der Waals surface area contributed by atoms with Gasteiger partial charge in [-0.05, 0) is 36.8 Å². The van der Waals surface area contributed by atoms with Crippen molar-refractivity contribution in [1.82, 2.24) is 0 Å². The zero-order valence-electron chi connectivity index (χ0n) is 10.8. The number of fused-ring (bicyclic) bond motifs is 1. The molecule has 1 heterocycles. The van der Waals surface area contributed by atoms with E-state index >= 15 is 0 Å². The van der Waals surface area contributed by atoms with Crippen LogP contribution in [0.5, 0.6) is 0 Å². The highest BCUT2D eigenvalue weighted by Gasteiger charge is 2.24. The molecule has 2 aliphatic rings. The molecular weight excluding hydrogens is 206 g/mol. The molecule has 17 heavy (non-hydrogen) atoms. The molecule has 92 valence electrons. The summed E-state index contributed by atoms with van der Waals surface area (Å²) in [5.41, 5.74) is 4.40. The van der Waals surface area contributed by atoms with Crippen molar-refractivity contribution < 1.29 is 0 Å². The summed E-state index contributed by atoms with van der Waals surface area (Å²) in [7, 11) is 0. The van der Waals surface area contributed by atoms with E-state index in [4.69, 9.17) is 0 Å². The van der Waals surface area contributed by atoms with Gasteiger partial charge in [0.05, 0.1) is 0 Å². The largest absolute Gasteiger partial charge is 0.384 e. The summed E-state index contributed by atoms with van der Waals surface area (Å²) in [5, 5.41) is 3.59. The molecule has 1 atom stereocenters. The molecule has 1 aromatic rings. The number of hydrogen-bond donors (Lipinski definition) is 1. The highest BCUT2D eigenvalue weighted by atomic mass is 14.9. The molecule has 0 bridgehead atoms. The molecule has 0 spiro atoms. The Bertz CT molecular complexity index is 391. The molecule has 0 radical (unpaired) electrons. The van der Waals surface area contributed by atoms with Crippen LogP contribution in [-0.2, 0) is 0 Å². The van der Waals surface area contributed by atoms with Gasteiger partial charge in [0.2, 0.25) is 0 Å². The lowest BCUT2D eigenvalue weighted by atomic mass is 9.90. The Hall–Kier alpha value is -0.980. The summed E-state index contributed by atoms with van der Waals surface area (Å²) in [6, 6.07) is 6.75. The van der Waals surface area contributed by atoms with Crippen LogP contribution in [0, 0.1) is 12.8 Å². The molecule has 0 amide bonds. The first kappa shape index (κ1) is 11.1. The normalized spacial score (nSPS) is 23.7. The smallest absolute Gasteiger partial charge is 0.0406 e. The van der Waals surface area contributed by atoms with E-state index in [1.54, 1.807) is 5.56 Å². The predicted octanol–water partition coefficient (Wildman–Crippen LogP) is 4.47. The fourth-order valence-electron chi connectivity index (χ4n) is 3.60. The second-order valence-electron chi connectivity index (χ2n) is 5.84. The molecule has 1 aliphatic heterocycles. The maximum atomic E-state index is 3.59. The average molecular weight is 229 g/mol. The van der Waals surface area contributed by atoms with Gasteiger partial charge in [0.25, 0.3) is 0 Å². The van der Waals surface area contributed by atoms with Gasteiger partial charge in [-0.2, -0.15) is 0 Å². The third-order valence-electron chi connectivity index (χ3n) is 4.67. The van der Waals surface area contributed by atoms with Crippen molar-refractivity contribution in [2.45, 2.75) is 51.4 Å². The molecule has 0 aromatic heterocycles. The standard InChI is InChI=1S/C16H23N/c1-12-5-4-8-15-14(11-17-16(12)15)10-9-13-6-2-3-7-13/h4-5,8,13-14,17H,2-3,6-7,9-11H2,1H3. The SMILES string of the molecule is Cc1cccc2c1NCC2CCC1CCCC1. The van der Waals surface area contributed by atoms with Gasteiger partial charge in [0.1, 0.15) is 0 Å². The van der Waals surface area contributed by atoms with Crippen molar-refractivity contribution in [1.29, 1.82) is 0 Å². The first-order valence-corrected chi connectivity index (χ1v) is 7.18. The van der Waals surface area contributed by atoms with Gasteiger partial charge in [-0.25, -0.2) is 0 Å². The second-order valence-corrected chi connectivity index (χ2v) is 5.84. The predicted molar refractivity (Wildman–Crippen MR) is 73.6 cm³/mol. The minimum absolute atomic E-state index is 0.769. The van der Waals surface area contributed by atoms with Crippen LogP contribution in [0.3, 0.4) is 0 Å². The summed E-state index contributed by atoms with van der Waals surface area (Å²) < 4.78 is 0. The number of hydrogen-bond acceptors (Lipinski definition) is 1. The van der Waals surface area contributed by atoms with Crippen LogP contribution in [0.4, 0.5) is 5.69 Å². The quantitative estimate of drug-likeness (QED) is 0.806. The number of para-hydroxylation sites is 1. The minimum Gasteiger partial charge on any atom is -0.384 e. The van der Waals surface area contributed by atoms with Gasteiger partial charge < -0.3 is 5.32 Å². The molecule has 1 unspecified atom stereocenters. The Morgan fingerprint density at radius 1 is 1.18 bits per heavy atom. The van der Waals surface area contributed by atoms with E-state index in [9.17, 15) is 0 Å². The number of rotatable bonds is 3. The van der Waals surface area contributed by atoms with Crippen LogP contribution in [0.1, 0.15) is 55.6 Å². The van der Waals surface area contributed by atoms with Crippen molar-refractivity contribution in [3.05, 3.63) is 29.3 Å². The first-order valence-electron chi connectivity index (χ1n) is 7.18. The van der Waals surface area contributed by atoms with Gasteiger partial charge in [-0.15, -0.1) is 0 Å². The number of benzene rings is 1. The Labute approximate surface area is 105 Å². The second kappa shape index (κ2) is 4.72. The average Bonchev–Trinajstić information content (AvgIpc) is 2.95. The van der Waals surface area contributed by atoms with Gasteiger partial charge in [-0.3, -0.25) is 0 Å². The minimum atomic E-state index is 0.769. The van der Waals surface area contributed by atoms with Crippen LogP contribution < -0.4 is 5.32 Å². The van der Waals surface area contributed by atoms with E-state index in [1.807, 2.05) is 0 Å². The van der Waals surface area contributed by atoms with Gasteiger partial charge in [0.15, 0.2) is 0 Å². The van der Waals surface area contributed by atoms with Crippen molar-refractivity contribution >= 4 is 5.69 Å². The summed E-state index contributed by atoms with van der Waals surface area (Å²) in [4.78, 5) is 0. The van der Waals surface area contributed by atoms with Crippen molar-refractivity contribution in [3.63, 3.8) is 0 Å². The molecule has 1 N–H and O–H groups in total. The molecule has 3 rings (SSSR count). The van der Waals surface area contributed by atoms with Crippen LogP contribution >= 0.6 is 0 Å². The zero-order valence-corrected chi connectivity index (χ0v) is 10.8. The number of anilines is 1.